The van der Waals surface area contributed by atoms with Gasteiger partial charge in [-0.25, -0.2) is 0 Å². The summed E-state index contributed by atoms with van der Waals surface area (Å²) in [7, 11) is 3.16. The van der Waals surface area contributed by atoms with Crippen LogP contribution in [0.2, 0.25) is 0 Å². The van der Waals surface area contributed by atoms with Gasteiger partial charge >= 0.3 is 12.4 Å². The van der Waals surface area contributed by atoms with Crippen LogP contribution in [-0.4, -0.2) is 38.3 Å². The van der Waals surface area contributed by atoms with E-state index in [1.165, 1.54) is 31.0 Å². The number of rotatable bonds is 9. The van der Waals surface area contributed by atoms with E-state index in [2.05, 4.69) is 15.6 Å². The zero-order valence-electron chi connectivity index (χ0n) is 19.7. The molecule has 0 radical (unpaired) electrons. The highest BCUT2D eigenvalue weighted by atomic mass is 32.2. The number of halogens is 6. The van der Waals surface area contributed by atoms with Gasteiger partial charge in [0.1, 0.15) is 6.61 Å². The Hall–Kier alpha value is -3.19. The van der Waals surface area contributed by atoms with Crippen LogP contribution in [0.1, 0.15) is 36.1 Å². The number of thioether (sulfide) groups is 1. The van der Waals surface area contributed by atoms with Gasteiger partial charge in [-0.1, -0.05) is 19.6 Å². The third-order valence-electron chi connectivity index (χ3n) is 5.10. The Bertz CT molecular complexity index is 1200. The van der Waals surface area contributed by atoms with Crippen molar-refractivity contribution in [3.8, 4) is 11.5 Å². The molecule has 1 amide bonds. The van der Waals surface area contributed by atoms with Crippen molar-refractivity contribution in [1.29, 1.82) is 0 Å². The molecule has 0 atom stereocenters. The van der Waals surface area contributed by atoms with E-state index < -0.39 is 35.6 Å². The summed E-state index contributed by atoms with van der Waals surface area (Å²) < 4.78 is 89.6. The number of amidine groups is 1. The second-order valence-electron chi connectivity index (χ2n) is 7.78. The number of nitrogens with one attached hydrogen (secondary N) is 2. The highest BCUT2D eigenvalue weighted by Gasteiger charge is 2.38. The standard InChI is InChI=1S/C24H23F6N3O3S.CH4/c1-31-8-3-9-32-22-33-21(34)20(37-22)11-14-4-7-18(19(10-14)35-2)36-13-15-5-6-16(23(25,26)27)12-17(15)24(28,29)30;/h4-7,10-12,31H,3,8-9,13H2,1-2H3,(H,32,33,34);1H4. The molecule has 3 rings (SSSR count). The molecule has 2 aromatic rings. The quantitative estimate of drug-likeness (QED) is 0.219. The first-order valence-corrected chi connectivity index (χ1v) is 11.7. The summed E-state index contributed by atoms with van der Waals surface area (Å²) in [5.74, 6) is -0.0780. The van der Waals surface area contributed by atoms with Gasteiger partial charge in [-0.15, -0.1) is 0 Å². The molecule has 6 nitrogen and oxygen atoms in total. The van der Waals surface area contributed by atoms with Crippen LogP contribution in [0.25, 0.3) is 6.08 Å². The largest absolute Gasteiger partial charge is 0.493 e. The fraction of sp³-hybridized carbons (Fsp3) is 0.360. The third-order valence-corrected chi connectivity index (χ3v) is 6.05. The van der Waals surface area contributed by atoms with Crippen LogP contribution in [-0.2, 0) is 23.8 Å². The molecule has 1 heterocycles. The number of hydrogen-bond donors (Lipinski definition) is 2. The number of carbonyl (C=O) groups excluding carboxylic acids is 1. The highest BCUT2D eigenvalue weighted by Crippen LogP contribution is 2.38. The second-order valence-corrected chi connectivity index (χ2v) is 8.81. The van der Waals surface area contributed by atoms with E-state index in [-0.39, 0.29) is 30.9 Å². The van der Waals surface area contributed by atoms with Crippen molar-refractivity contribution >= 4 is 28.9 Å². The molecule has 1 aliphatic heterocycles. The number of nitrogens with zero attached hydrogens (tertiary/aromatic N) is 1. The summed E-state index contributed by atoms with van der Waals surface area (Å²) in [4.78, 5) is 17.0. The van der Waals surface area contributed by atoms with Gasteiger partial charge in [0.25, 0.3) is 5.91 Å². The lowest BCUT2D eigenvalue weighted by molar-refractivity contribution is -0.143. The van der Waals surface area contributed by atoms with E-state index in [0.717, 1.165) is 19.0 Å². The Morgan fingerprint density at radius 1 is 1.05 bits per heavy atom. The summed E-state index contributed by atoms with van der Waals surface area (Å²) in [6.07, 6.45) is -7.51. The monoisotopic (exact) mass is 563 g/mol. The molecule has 38 heavy (non-hydrogen) atoms. The Morgan fingerprint density at radius 3 is 2.42 bits per heavy atom. The maximum atomic E-state index is 13.4. The molecule has 0 spiro atoms. The van der Waals surface area contributed by atoms with Gasteiger partial charge in [0.2, 0.25) is 0 Å². The third kappa shape index (κ3) is 8.15. The second kappa shape index (κ2) is 13.1. The fourth-order valence-corrected chi connectivity index (χ4v) is 4.13. The van der Waals surface area contributed by atoms with Crippen LogP contribution < -0.4 is 20.1 Å². The van der Waals surface area contributed by atoms with Crippen LogP contribution in [0.5, 0.6) is 11.5 Å². The minimum Gasteiger partial charge on any atom is -0.493 e. The summed E-state index contributed by atoms with van der Waals surface area (Å²) in [6.45, 7) is 0.698. The Labute approximate surface area is 220 Å². The van der Waals surface area contributed by atoms with Crippen molar-refractivity contribution < 1.29 is 40.6 Å². The molecule has 2 N–H and O–H groups in total. The lowest BCUT2D eigenvalue weighted by Gasteiger charge is -2.17. The minimum absolute atomic E-state index is 0. The lowest BCUT2D eigenvalue weighted by atomic mass is 10.0. The van der Waals surface area contributed by atoms with Crippen molar-refractivity contribution in [2.24, 2.45) is 4.99 Å². The molecule has 0 unspecified atom stereocenters. The molecule has 0 bridgehead atoms. The first kappa shape index (κ1) is 31.0. The average molecular weight is 564 g/mol. The van der Waals surface area contributed by atoms with Gasteiger partial charge in [0.15, 0.2) is 16.7 Å². The van der Waals surface area contributed by atoms with E-state index >= 15 is 0 Å². The van der Waals surface area contributed by atoms with Crippen LogP contribution in [0.3, 0.4) is 0 Å². The zero-order chi connectivity index (χ0) is 27.2. The minimum atomic E-state index is -5.01. The number of aliphatic imine (C=N–C) groups is 1. The van der Waals surface area contributed by atoms with E-state index in [1.54, 1.807) is 12.1 Å². The molecule has 13 heteroatoms. The zero-order valence-corrected chi connectivity index (χ0v) is 20.5. The molecule has 1 fully saturated rings. The van der Waals surface area contributed by atoms with E-state index in [1.807, 2.05) is 7.05 Å². The van der Waals surface area contributed by atoms with Crippen LogP contribution >= 0.6 is 11.8 Å². The van der Waals surface area contributed by atoms with Gasteiger partial charge in [-0.2, -0.15) is 26.3 Å². The molecule has 0 aliphatic carbocycles. The number of carbonyl (C=O) groups is 1. The number of amides is 1. The van der Waals surface area contributed by atoms with Crippen LogP contribution in [0.15, 0.2) is 46.3 Å². The summed E-state index contributed by atoms with van der Waals surface area (Å²) in [5.41, 5.74) is -2.74. The van der Waals surface area contributed by atoms with Crippen LogP contribution in [0.4, 0.5) is 26.3 Å². The Balaban J connectivity index is 0.00000507. The smallest absolute Gasteiger partial charge is 0.416 e. The molecule has 0 aromatic heterocycles. The van der Waals surface area contributed by atoms with Crippen molar-refractivity contribution in [3.63, 3.8) is 0 Å². The number of ether oxygens (including phenoxy) is 2. The van der Waals surface area contributed by atoms with E-state index in [9.17, 15) is 31.1 Å². The summed E-state index contributed by atoms with van der Waals surface area (Å²) in [6, 6.07) is 5.90. The van der Waals surface area contributed by atoms with Crippen molar-refractivity contribution in [3.05, 3.63) is 63.6 Å². The molecule has 1 aliphatic rings. The van der Waals surface area contributed by atoms with Gasteiger partial charge < -0.3 is 20.1 Å². The topological polar surface area (TPSA) is 72.0 Å². The fourth-order valence-electron chi connectivity index (χ4n) is 3.28. The first-order chi connectivity index (χ1) is 17.4. The molecule has 1 saturated heterocycles. The Kier molecular flexibility index (Phi) is 10.7. The maximum Gasteiger partial charge on any atom is 0.416 e. The number of alkyl halides is 6. The predicted octanol–water partition coefficient (Wildman–Crippen LogP) is 6.12. The Morgan fingerprint density at radius 2 is 1.79 bits per heavy atom. The average Bonchev–Trinajstić information content (AvgIpc) is 3.18. The molecule has 2 aromatic carbocycles. The highest BCUT2D eigenvalue weighted by molar-refractivity contribution is 8.18. The van der Waals surface area contributed by atoms with Gasteiger partial charge in [0.05, 0.1) is 23.1 Å². The summed E-state index contributed by atoms with van der Waals surface area (Å²) in [5, 5.41) is 6.17. The maximum absolute atomic E-state index is 13.4. The van der Waals surface area contributed by atoms with Crippen molar-refractivity contribution in [1.82, 2.24) is 10.6 Å². The first-order valence-electron chi connectivity index (χ1n) is 10.9. The van der Waals surface area contributed by atoms with E-state index in [4.69, 9.17) is 9.47 Å². The normalized spacial score (nSPS) is 15.9. The lowest BCUT2D eigenvalue weighted by Crippen LogP contribution is -2.20. The van der Waals surface area contributed by atoms with Gasteiger partial charge in [-0.3, -0.25) is 9.79 Å². The van der Waals surface area contributed by atoms with Crippen LogP contribution in [0, 0.1) is 0 Å². The summed E-state index contributed by atoms with van der Waals surface area (Å²) >= 11 is 1.17. The number of hydrogen-bond acceptors (Lipinski definition) is 6. The number of methoxy groups -OCH3 is 1. The SMILES string of the molecule is C.CNCCCN=C1NC(=O)C(=Cc2ccc(OCc3ccc(C(F)(F)F)cc3C(F)(F)F)c(OC)c2)S1. The van der Waals surface area contributed by atoms with Crippen molar-refractivity contribution in [2.45, 2.75) is 32.8 Å². The molecular weight excluding hydrogens is 536 g/mol. The van der Waals surface area contributed by atoms with Gasteiger partial charge in [0, 0.05) is 12.1 Å². The molecular formula is C25H27F6N3O3S. The van der Waals surface area contributed by atoms with Gasteiger partial charge in [-0.05, 0) is 67.7 Å². The van der Waals surface area contributed by atoms with E-state index in [0.29, 0.717) is 28.2 Å². The predicted molar refractivity (Wildman–Crippen MR) is 135 cm³/mol. The molecule has 0 saturated carbocycles. The van der Waals surface area contributed by atoms with Crippen molar-refractivity contribution in [2.75, 3.05) is 27.2 Å². The molecule has 208 valence electrons. The number of benzene rings is 2.